The lowest BCUT2D eigenvalue weighted by molar-refractivity contribution is -0.137. The van der Waals surface area contributed by atoms with E-state index >= 15 is 0 Å². The van der Waals surface area contributed by atoms with Gasteiger partial charge in [-0.2, -0.15) is 13.2 Å². The first-order valence-electron chi connectivity index (χ1n) is 5.64. The van der Waals surface area contributed by atoms with E-state index in [1.54, 1.807) is 19.1 Å². The summed E-state index contributed by atoms with van der Waals surface area (Å²) in [7, 11) is 0. The quantitative estimate of drug-likeness (QED) is 0.865. The summed E-state index contributed by atoms with van der Waals surface area (Å²) >= 11 is 5.55. The molecule has 0 spiro atoms. The van der Waals surface area contributed by atoms with Crippen molar-refractivity contribution in [2.75, 3.05) is 11.1 Å². The van der Waals surface area contributed by atoms with Gasteiger partial charge in [0.1, 0.15) is 0 Å². The Morgan fingerprint density at radius 2 is 1.90 bits per heavy atom. The molecule has 0 radical (unpaired) electrons. The van der Waals surface area contributed by atoms with Crippen LogP contribution in [0.4, 0.5) is 30.4 Å². The van der Waals surface area contributed by atoms with Gasteiger partial charge in [0, 0.05) is 11.4 Å². The Kier molecular flexibility index (Phi) is 3.76. The summed E-state index contributed by atoms with van der Waals surface area (Å²) in [6, 6.07) is 6.88. The molecule has 2 aromatic rings. The standard InChI is InChI=1S/C13H11ClF3N3/c1-7-2-5-11(18)12(19-7)20-8-3-4-10(14)9(6-8)13(15,16)17/h2-6H,18H2,1H3,(H,19,20). The van der Waals surface area contributed by atoms with Gasteiger partial charge < -0.3 is 11.1 Å². The van der Waals surface area contributed by atoms with E-state index in [1.807, 2.05) is 0 Å². The second-order valence-corrected chi connectivity index (χ2v) is 4.62. The maximum absolute atomic E-state index is 12.8. The first-order valence-corrected chi connectivity index (χ1v) is 6.02. The first kappa shape index (κ1) is 14.5. The Bertz CT molecular complexity index is 641. The van der Waals surface area contributed by atoms with Crippen molar-refractivity contribution < 1.29 is 13.2 Å². The second kappa shape index (κ2) is 5.20. The second-order valence-electron chi connectivity index (χ2n) is 4.21. The predicted molar refractivity (Wildman–Crippen MR) is 73.1 cm³/mol. The first-order chi connectivity index (χ1) is 9.27. The van der Waals surface area contributed by atoms with E-state index in [-0.39, 0.29) is 10.7 Å². The van der Waals surface area contributed by atoms with Gasteiger partial charge in [-0.15, -0.1) is 0 Å². The van der Waals surface area contributed by atoms with Crippen LogP contribution < -0.4 is 11.1 Å². The molecule has 7 heteroatoms. The highest BCUT2D eigenvalue weighted by molar-refractivity contribution is 6.31. The average molecular weight is 302 g/mol. The minimum Gasteiger partial charge on any atom is -0.396 e. The van der Waals surface area contributed by atoms with E-state index in [1.165, 1.54) is 12.1 Å². The van der Waals surface area contributed by atoms with Crippen LogP contribution in [0.2, 0.25) is 5.02 Å². The maximum atomic E-state index is 12.8. The van der Waals surface area contributed by atoms with Crippen LogP contribution in [0, 0.1) is 6.92 Å². The topological polar surface area (TPSA) is 50.9 Å². The summed E-state index contributed by atoms with van der Waals surface area (Å²) in [5.74, 6) is 0.306. The van der Waals surface area contributed by atoms with Crippen molar-refractivity contribution in [2.24, 2.45) is 0 Å². The van der Waals surface area contributed by atoms with E-state index in [9.17, 15) is 13.2 Å². The third-order valence-electron chi connectivity index (χ3n) is 2.60. The molecule has 0 unspecified atom stereocenters. The van der Waals surface area contributed by atoms with Crippen molar-refractivity contribution in [1.82, 2.24) is 4.98 Å². The summed E-state index contributed by atoms with van der Waals surface area (Å²) in [4.78, 5) is 4.13. The molecular formula is C13H11ClF3N3. The monoisotopic (exact) mass is 301 g/mol. The van der Waals surface area contributed by atoms with Gasteiger partial charge in [0.2, 0.25) is 0 Å². The molecule has 3 N–H and O–H groups in total. The van der Waals surface area contributed by atoms with Gasteiger partial charge in [0.25, 0.3) is 0 Å². The highest BCUT2D eigenvalue weighted by Crippen LogP contribution is 2.36. The number of anilines is 3. The van der Waals surface area contributed by atoms with Gasteiger partial charge in [0.15, 0.2) is 5.82 Å². The molecule has 1 heterocycles. The third kappa shape index (κ3) is 3.14. The minimum atomic E-state index is -4.51. The summed E-state index contributed by atoms with van der Waals surface area (Å²) in [6.45, 7) is 1.76. The summed E-state index contributed by atoms with van der Waals surface area (Å²) < 4.78 is 38.3. The van der Waals surface area contributed by atoms with Crippen LogP contribution in [-0.4, -0.2) is 4.98 Å². The molecule has 0 fully saturated rings. The van der Waals surface area contributed by atoms with Crippen molar-refractivity contribution in [1.29, 1.82) is 0 Å². The van der Waals surface area contributed by atoms with Gasteiger partial charge in [-0.1, -0.05) is 11.6 Å². The van der Waals surface area contributed by atoms with Crippen LogP contribution in [-0.2, 0) is 6.18 Å². The molecule has 0 bridgehead atoms. The van der Waals surface area contributed by atoms with Crippen LogP contribution in [0.15, 0.2) is 30.3 Å². The molecular weight excluding hydrogens is 291 g/mol. The van der Waals surface area contributed by atoms with E-state index in [2.05, 4.69) is 10.3 Å². The van der Waals surface area contributed by atoms with E-state index < -0.39 is 11.7 Å². The lowest BCUT2D eigenvalue weighted by Gasteiger charge is -2.13. The van der Waals surface area contributed by atoms with Crippen molar-refractivity contribution in [3.63, 3.8) is 0 Å². The molecule has 1 aromatic heterocycles. The van der Waals surface area contributed by atoms with Gasteiger partial charge in [-0.3, -0.25) is 0 Å². The average Bonchev–Trinajstić information content (AvgIpc) is 2.35. The molecule has 0 aliphatic carbocycles. The molecule has 0 saturated heterocycles. The van der Waals surface area contributed by atoms with Crippen LogP contribution in [0.3, 0.4) is 0 Å². The number of nitrogens with zero attached hydrogens (tertiary/aromatic N) is 1. The number of nitrogens with one attached hydrogen (secondary N) is 1. The van der Waals surface area contributed by atoms with E-state index in [0.29, 0.717) is 17.2 Å². The van der Waals surface area contributed by atoms with Crippen molar-refractivity contribution in [2.45, 2.75) is 13.1 Å². The fourth-order valence-electron chi connectivity index (χ4n) is 1.62. The van der Waals surface area contributed by atoms with Crippen LogP contribution >= 0.6 is 11.6 Å². The zero-order chi connectivity index (χ0) is 14.9. The van der Waals surface area contributed by atoms with Gasteiger partial charge in [0.05, 0.1) is 16.3 Å². The van der Waals surface area contributed by atoms with Gasteiger partial charge in [-0.05, 0) is 37.3 Å². The predicted octanol–water partition coefficient (Wildman–Crippen LogP) is 4.39. The van der Waals surface area contributed by atoms with Crippen LogP contribution in [0.5, 0.6) is 0 Å². The zero-order valence-corrected chi connectivity index (χ0v) is 11.2. The Labute approximate surface area is 118 Å². The number of nitrogen functional groups attached to an aromatic ring is 1. The summed E-state index contributed by atoms with van der Waals surface area (Å²) in [5.41, 5.74) is 6.07. The van der Waals surface area contributed by atoms with Crippen LogP contribution in [0.25, 0.3) is 0 Å². The molecule has 2 rings (SSSR count). The smallest absolute Gasteiger partial charge is 0.396 e. The molecule has 0 aliphatic rings. The molecule has 0 atom stereocenters. The lowest BCUT2D eigenvalue weighted by Crippen LogP contribution is -2.07. The SMILES string of the molecule is Cc1ccc(N)c(Nc2ccc(Cl)c(C(F)(F)F)c2)n1. The highest BCUT2D eigenvalue weighted by Gasteiger charge is 2.33. The minimum absolute atomic E-state index is 0.214. The number of aryl methyl sites for hydroxylation is 1. The number of nitrogens with two attached hydrogens (primary N) is 1. The molecule has 0 saturated carbocycles. The highest BCUT2D eigenvalue weighted by atomic mass is 35.5. The van der Waals surface area contributed by atoms with E-state index in [0.717, 1.165) is 6.07 Å². The number of aromatic nitrogens is 1. The molecule has 106 valence electrons. The number of hydrogen-bond donors (Lipinski definition) is 2. The van der Waals surface area contributed by atoms with Crippen LogP contribution in [0.1, 0.15) is 11.3 Å². The number of benzene rings is 1. The number of pyridine rings is 1. The molecule has 3 nitrogen and oxygen atoms in total. The molecule has 0 aliphatic heterocycles. The largest absolute Gasteiger partial charge is 0.417 e. The number of rotatable bonds is 2. The zero-order valence-electron chi connectivity index (χ0n) is 10.4. The Morgan fingerprint density at radius 3 is 2.55 bits per heavy atom. The lowest BCUT2D eigenvalue weighted by atomic mass is 10.2. The molecule has 20 heavy (non-hydrogen) atoms. The summed E-state index contributed by atoms with van der Waals surface area (Å²) in [5, 5.41) is 2.40. The third-order valence-corrected chi connectivity index (χ3v) is 2.93. The maximum Gasteiger partial charge on any atom is 0.417 e. The van der Waals surface area contributed by atoms with Crippen molar-refractivity contribution >= 4 is 28.8 Å². The summed E-state index contributed by atoms with van der Waals surface area (Å²) in [6.07, 6.45) is -4.51. The Hall–Kier alpha value is -1.95. The number of alkyl halides is 3. The molecule has 0 amide bonds. The fraction of sp³-hybridized carbons (Fsp3) is 0.154. The van der Waals surface area contributed by atoms with Gasteiger partial charge >= 0.3 is 6.18 Å². The number of halogens is 4. The van der Waals surface area contributed by atoms with Crippen molar-refractivity contribution in [3.05, 3.63) is 46.6 Å². The Morgan fingerprint density at radius 1 is 1.20 bits per heavy atom. The Balaban J connectivity index is 2.37. The van der Waals surface area contributed by atoms with E-state index in [4.69, 9.17) is 17.3 Å². The number of hydrogen-bond acceptors (Lipinski definition) is 3. The fourth-order valence-corrected chi connectivity index (χ4v) is 1.85. The van der Waals surface area contributed by atoms with Crippen molar-refractivity contribution in [3.8, 4) is 0 Å². The van der Waals surface area contributed by atoms with Gasteiger partial charge in [-0.25, -0.2) is 4.98 Å². The molecule has 1 aromatic carbocycles. The normalized spacial score (nSPS) is 11.4.